The molecule has 0 aliphatic carbocycles. The number of benzene rings is 1. The molecule has 0 radical (unpaired) electrons. The third-order valence-electron chi connectivity index (χ3n) is 4.01. The van der Waals surface area contributed by atoms with E-state index in [0.717, 1.165) is 40.2 Å². The number of rotatable bonds is 5. The highest BCUT2D eigenvalue weighted by Gasteiger charge is 2.19. The predicted molar refractivity (Wildman–Crippen MR) is 114 cm³/mol. The van der Waals surface area contributed by atoms with Gasteiger partial charge < -0.3 is 11.1 Å². The number of aromatic nitrogens is 1. The van der Waals surface area contributed by atoms with Crippen molar-refractivity contribution in [2.24, 2.45) is 11.7 Å². The predicted octanol–water partition coefficient (Wildman–Crippen LogP) is 4.82. The second-order valence-corrected chi connectivity index (χ2v) is 6.72. The maximum atomic E-state index is 11.7. The van der Waals surface area contributed by atoms with E-state index in [0.29, 0.717) is 12.5 Å². The van der Waals surface area contributed by atoms with Gasteiger partial charge in [0.15, 0.2) is 0 Å². The number of carbonyl (C=O) groups is 1. The molecule has 0 bridgehead atoms. The van der Waals surface area contributed by atoms with Gasteiger partial charge in [0.1, 0.15) is 0 Å². The Bertz CT molecular complexity index is 744. The molecule has 2 aromatic rings. The van der Waals surface area contributed by atoms with Gasteiger partial charge in [-0.15, -0.1) is 24.8 Å². The van der Waals surface area contributed by atoms with Crippen LogP contribution in [0.1, 0.15) is 43.3 Å². The van der Waals surface area contributed by atoms with E-state index in [2.05, 4.69) is 50.4 Å². The molecule has 3 N–H and O–H groups in total. The molecule has 1 amide bonds. The number of anilines is 1. The van der Waals surface area contributed by atoms with Crippen LogP contribution in [0.25, 0.3) is 11.1 Å². The standard InChI is InChI=1S/C20H27N3O.2ClH/c1-12(2)10-18-17(11-21)19(16-8-6-13(3)7-9-16)20(14(4)22-18)23-15(5)24;;/h6-9,12H,10-11,21H2,1-5H3,(H,23,24);2*1H. The van der Waals surface area contributed by atoms with Crippen molar-refractivity contribution in [1.29, 1.82) is 0 Å². The van der Waals surface area contributed by atoms with Gasteiger partial charge in [-0.1, -0.05) is 43.7 Å². The van der Waals surface area contributed by atoms with Crippen LogP contribution in [0.4, 0.5) is 5.69 Å². The lowest BCUT2D eigenvalue weighted by Crippen LogP contribution is -2.16. The zero-order valence-electron chi connectivity index (χ0n) is 16.1. The largest absolute Gasteiger partial charge is 0.326 e. The topological polar surface area (TPSA) is 68.0 Å². The van der Waals surface area contributed by atoms with Crippen LogP contribution in [-0.4, -0.2) is 10.9 Å². The fourth-order valence-electron chi connectivity index (χ4n) is 2.95. The molecule has 26 heavy (non-hydrogen) atoms. The number of pyridine rings is 1. The molecular formula is C20H29Cl2N3O. The van der Waals surface area contributed by atoms with Gasteiger partial charge in [-0.2, -0.15) is 0 Å². The van der Waals surface area contributed by atoms with Crippen molar-refractivity contribution in [3.63, 3.8) is 0 Å². The van der Waals surface area contributed by atoms with E-state index in [-0.39, 0.29) is 30.7 Å². The summed E-state index contributed by atoms with van der Waals surface area (Å²) in [5.74, 6) is 0.382. The van der Waals surface area contributed by atoms with Gasteiger partial charge in [0.2, 0.25) is 5.91 Å². The highest BCUT2D eigenvalue weighted by molar-refractivity contribution is 5.96. The summed E-state index contributed by atoms with van der Waals surface area (Å²) < 4.78 is 0. The Labute approximate surface area is 168 Å². The molecule has 0 saturated heterocycles. The van der Waals surface area contributed by atoms with Gasteiger partial charge in [0.05, 0.1) is 11.4 Å². The molecule has 0 aliphatic rings. The maximum absolute atomic E-state index is 11.7. The molecule has 0 aliphatic heterocycles. The van der Waals surface area contributed by atoms with Crippen molar-refractivity contribution in [3.05, 3.63) is 46.8 Å². The molecule has 1 aromatic carbocycles. The summed E-state index contributed by atoms with van der Waals surface area (Å²) in [7, 11) is 0. The normalized spacial score (nSPS) is 10.1. The molecule has 0 saturated carbocycles. The van der Waals surface area contributed by atoms with Crippen LogP contribution in [-0.2, 0) is 17.8 Å². The van der Waals surface area contributed by atoms with Crippen molar-refractivity contribution in [1.82, 2.24) is 4.98 Å². The smallest absolute Gasteiger partial charge is 0.221 e. The summed E-state index contributed by atoms with van der Waals surface area (Å²) in [5, 5.41) is 2.95. The molecule has 4 nitrogen and oxygen atoms in total. The molecule has 0 atom stereocenters. The van der Waals surface area contributed by atoms with Crippen molar-refractivity contribution in [2.45, 2.75) is 47.6 Å². The molecule has 1 heterocycles. The monoisotopic (exact) mass is 397 g/mol. The molecule has 0 fully saturated rings. The summed E-state index contributed by atoms with van der Waals surface area (Å²) >= 11 is 0. The van der Waals surface area contributed by atoms with E-state index in [9.17, 15) is 4.79 Å². The highest BCUT2D eigenvalue weighted by Crippen LogP contribution is 2.36. The van der Waals surface area contributed by atoms with Crippen molar-refractivity contribution in [2.75, 3.05) is 5.32 Å². The van der Waals surface area contributed by atoms with Crippen LogP contribution in [0.2, 0.25) is 0 Å². The average molecular weight is 398 g/mol. The average Bonchev–Trinajstić information content (AvgIpc) is 2.49. The number of hydrogen-bond acceptors (Lipinski definition) is 3. The van der Waals surface area contributed by atoms with Crippen LogP contribution in [0.15, 0.2) is 24.3 Å². The Morgan fingerprint density at radius 3 is 2.19 bits per heavy atom. The summed E-state index contributed by atoms with van der Waals surface area (Å²) in [5.41, 5.74) is 13.0. The molecular weight excluding hydrogens is 369 g/mol. The summed E-state index contributed by atoms with van der Waals surface area (Å²) in [6.45, 7) is 10.3. The Morgan fingerprint density at radius 2 is 1.73 bits per heavy atom. The van der Waals surface area contributed by atoms with Gasteiger partial charge in [-0.05, 0) is 37.3 Å². The third kappa shape index (κ3) is 5.70. The van der Waals surface area contributed by atoms with Gasteiger partial charge in [0, 0.05) is 24.7 Å². The fourth-order valence-corrected chi connectivity index (χ4v) is 2.95. The zero-order valence-corrected chi connectivity index (χ0v) is 17.7. The van der Waals surface area contributed by atoms with Crippen LogP contribution in [0.5, 0.6) is 0 Å². The molecule has 2 rings (SSSR count). The minimum atomic E-state index is -0.104. The lowest BCUT2D eigenvalue weighted by molar-refractivity contribution is -0.114. The number of nitrogens with zero attached hydrogens (tertiary/aromatic N) is 1. The number of nitrogens with two attached hydrogens (primary N) is 1. The fraction of sp³-hybridized carbons (Fsp3) is 0.400. The Kier molecular flexibility index (Phi) is 9.85. The summed E-state index contributed by atoms with van der Waals surface area (Å²) in [6, 6.07) is 8.30. The molecule has 0 spiro atoms. The number of carbonyl (C=O) groups excluding carboxylic acids is 1. The first kappa shape index (κ1) is 24.4. The third-order valence-corrected chi connectivity index (χ3v) is 4.01. The maximum Gasteiger partial charge on any atom is 0.221 e. The lowest BCUT2D eigenvalue weighted by Gasteiger charge is -2.21. The van der Waals surface area contributed by atoms with E-state index >= 15 is 0 Å². The van der Waals surface area contributed by atoms with E-state index in [4.69, 9.17) is 10.7 Å². The van der Waals surface area contributed by atoms with Crippen LogP contribution < -0.4 is 11.1 Å². The van der Waals surface area contributed by atoms with E-state index in [1.54, 1.807) is 0 Å². The molecule has 6 heteroatoms. The highest BCUT2D eigenvalue weighted by atomic mass is 35.5. The van der Waals surface area contributed by atoms with Crippen LogP contribution in [0, 0.1) is 19.8 Å². The van der Waals surface area contributed by atoms with Gasteiger partial charge >= 0.3 is 0 Å². The Hall–Kier alpha value is -1.62. The Balaban J connectivity index is 0.00000312. The second-order valence-electron chi connectivity index (χ2n) is 6.72. The van der Waals surface area contributed by atoms with E-state index in [1.165, 1.54) is 12.5 Å². The Morgan fingerprint density at radius 1 is 1.15 bits per heavy atom. The first-order valence-electron chi connectivity index (χ1n) is 8.40. The molecule has 1 aromatic heterocycles. The van der Waals surface area contributed by atoms with Crippen molar-refractivity contribution in [3.8, 4) is 11.1 Å². The SMILES string of the molecule is CC(=O)Nc1c(C)nc(CC(C)C)c(CN)c1-c1ccc(C)cc1.Cl.Cl. The summed E-state index contributed by atoms with van der Waals surface area (Å²) in [4.78, 5) is 16.4. The summed E-state index contributed by atoms with van der Waals surface area (Å²) in [6.07, 6.45) is 0.868. The van der Waals surface area contributed by atoms with E-state index in [1.807, 2.05) is 6.92 Å². The number of halogens is 2. The van der Waals surface area contributed by atoms with Crippen LogP contribution in [0.3, 0.4) is 0 Å². The quantitative estimate of drug-likeness (QED) is 0.759. The number of amides is 1. The lowest BCUT2D eigenvalue weighted by atomic mass is 9.92. The first-order chi connectivity index (χ1) is 11.3. The minimum absolute atomic E-state index is 0. The van der Waals surface area contributed by atoms with Gasteiger partial charge in [0.25, 0.3) is 0 Å². The molecule has 144 valence electrons. The minimum Gasteiger partial charge on any atom is -0.326 e. The number of hydrogen-bond donors (Lipinski definition) is 2. The number of aryl methyl sites for hydroxylation is 2. The second kappa shape index (κ2) is 10.5. The van der Waals surface area contributed by atoms with Crippen molar-refractivity contribution < 1.29 is 4.79 Å². The van der Waals surface area contributed by atoms with Crippen LogP contribution >= 0.6 is 24.8 Å². The zero-order chi connectivity index (χ0) is 17.9. The van der Waals surface area contributed by atoms with Crippen molar-refractivity contribution >= 4 is 36.4 Å². The van der Waals surface area contributed by atoms with Gasteiger partial charge in [-0.25, -0.2) is 0 Å². The van der Waals surface area contributed by atoms with E-state index < -0.39 is 0 Å². The molecule has 0 unspecified atom stereocenters. The first-order valence-corrected chi connectivity index (χ1v) is 8.40. The van der Waals surface area contributed by atoms with Gasteiger partial charge in [-0.3, -0.25) is 9.78 Å². The number of nitrogens with one attached hydrogen (secondary N) is 1.